The van der Waals surface area contributed by atoms with Crippen LogP contribution in [0.5, 0.6) is 0 Å². The van der Waals surface area contributed by atoms with Crippen molar-refractivity contribution in [2.75, 3.05) is 7.05 Å². The molecule has 84 valence electrons. The van der Waals surface area contributed by atoms with Gasteiger partial charge in [-0.2, -0.15) is 0 Å². The molecule has 0 saturated heterocycles. The van der Waals surface area contributed by atoms with Crippen LogP contribution >= 0.6 is 15.9 Å². The molecule has 0 aliphatic carbocycles. The molecule has 0 bridgehead atoms. The summed E-state index contributed by atoms with van der Waals surface area (Å²) < 4.78 is 6.42. The third-order valence-electron chi connectivity index (χ3n) is 2.19. The topological polar surface area (TPSA) is 63.8 Å². The molecule has 0 aromatic carbocycles. The Kier molecular flexibility index (Phi) is 3.31. The largest absolute Gasteiger partial charge is 0.418 e. The van der Waals surface area contributed by atoms with Crippen molar-refractivity contribution < 1.29 is 4.42 Å². The predicted octanol–water partition coefficient (Wildman–Crippen LogP) is 2.17. The molecule has 2 rings (SSSR count). The maximum atomic E-state index is 5.50. The first-order valence-electron chi connectivity index (χ1n) is 4.83. The minimum atomic E-state index is 0.0386. The van der Waals surface area contributed by atoms with E-state index in [0.29, 0.717) is 17.5 Å². The first-order valence-corrected chi connectivity index (χ1v) is 5.62. The molecule has 2 aromatic rings. The molecular formula is C10H11BrN4O. The molecule has 2 aromatic heterocycles. The van der Waals surface area contributed by atoms with Crippen LogP contribution in [0.2, 0.25) is 0 Å². The number of pyridine rings is 1. The average molecular weight is 283 g/mol. The quantitative estimate of drug-likeness (QED) is 0.935. The van der Waals surface area contributed by atoms with E-state index in [2.05, 4.69) is 36.4 Å². The summed E-state index contributed by atoms with van der Waals surface area (Å²) in [6, 6.07) is 3.75. The molecule has 1 N–H and O–H groups in total. The van der Waals surface area contributed by atoms with Crippen molar-refractivity contribution in [1.29, 1.82) is 0 Å². The lowest BCUT2D eigenvalue weighted by Gasteiger charge is -2.02. The lowest BCUT2D eigenvalue weighted by atomic mass is 10.3. The normalized spacial score (nSPS) is 12.7. The second kappa shape index (κ2) is 4.71. The maximum Gasteiger partial charge on any atom is 0.266 e. The minimum Gasteiger partial charge on any atom is -0.418 e. The van der Waals surface area contributed by atoms with E-state index in [1.807, 2.05) is 26.1 Å². The van der Waals surface area contributed by atoms with Gasteiger partial charge in [0.15, 0.2) is 0 Å². The van der Waals surface area contributed by atoms with Crippen molar-refractivity contribution in [1.82, 2.24) is 20.5 Å². The summed E-state index contributed by atoms with van der Waals surface area (Å²) in [6.45, 7) is 1.95. The first kappa shape index (κ1) is 11.2. The summed E-state index contributed by atoms with van der Waals surface area (Å²) in [5.41, 5.74) is 0.672. The molecule has 0 aliphatic heterocycles. The summed E-state index contributed by atoms with van der Waals surface area (Å²) >= 11 is 3.32. The number of nitrogens with zero attached hydrogens (tertiary/aromatic N) is 3. The highest BCUT2D eigenvalue weighted by Crippen LogP contribution is 2.19. The van der Waals surface area contributed by atoms with Gasteiger partial charge in [-0.1, -0.05) is 0 Å². The van der Waals surface area contributed by atoms with Crippen LogP contribution in [-0.2, 0) is 0 Å². The molecule has 0 radical (unpaired) electrons. The number of hydrogen-bond donors (Lipinski definition) is 1. The van der Waals surface area contributed by atoms with Gasteiger partial charge >= 0.3 is 0 Å². The summed E-state index contributed by atoms with van der Waals surface area (Å²) in [6.07, 6.45) is 1.70. The van der Waals surface area contributed by atoms with Crippen LogP contribution in [-0.4, -0.2) is 22.2 Å². The zero-order valence-electron chi connectivity index (χ0n) is 8.94. The summed E-state index contributed by atoms with van der Waals surface area (Å²) in [5.74, 6) is 0.992. The number of rotatable bonds is 3. The van der Waals surface area contributed by atoms with Crippen LogP contribution in [0.15, 0.2) is 27.2 Å². The van der Waals surface area contributed by atoms with Gasteiger partial charge in [-0.3, -0.25) is 0 Å². The van der Waals surface area contributed by atoms with E-state index < -0.39 is 0 Å². The molecule has 16 heavy (non-hydrogen) atoms. The third kappa shape index (κ3) is 2.28. The van der Waals surface area contributed by atoms with E-state index in [1.54, 1.807) is 6.20 Å². The Hall–Kier alpha value is -1.27. The van der Waals surface area contributed by atoms with Gasteiger partial charge in [0.2, 0.25) is 5.89 Å². The highest BCUT2D eigenvalue weighted by molar-refractivity contribution is 9.10. The van der Waals surface area contributed by atoms with Crippen LogP contribution in [0.25, 0.3) is 11.6 Å². The van der Waals surface area contributed by atoms with Crippen molar-refractivity contribution in [3.05, 3.63) is 28.7 Å². The van der Waals surface area contributed by atoms with Gasteiger partial charge in [0.1, 0.15) is 5.69 Å². The fourth-order valence-corrected chi connectivity index (χ4v) is 1.37. The van der Waals surface area contributed by atoms with Gasteiger partial charge in [-0.05, 0) is 42.0 Å². The van der Waals surface area contributed by atoms with Crippen molar-refractivity contribution in [3.63, 3.8) is 0 Å². The fraction of sp³-hybridized carbons (Fsp3) is 0.300. The molecule has 1 unspecified atom stereocenters. The maximum absolute atomic E-state index is 5.50. The monoisotopic (exact) mass is 282 g/mol. The minimum absolute atomic E-state index is 0.0386. The lowest BCUT2D eigenvalue weighted by Crippen LogP contribution is -2.12. The Balaban J connectivity index is 2.28. The van der Waals surface area contributed by atoms with Crippen molar-refractivity contribution in [2.24, 2.45) is 0 Å². The smallest absolute Gasteiger partial charge is 0.266 e. The highest BCUT2D eigenvalue weighted by Gasteiger charge is 2.13. The van der Waals surface area contributed by atoms with Gasteiger partial charge in [0, 0.05) is 10.7 Å². The van der Waals surface area contributed by atoms with E-state index in [9.17, 15) is 0 Å². The molecule has 6 heteroatoms. The van der Waals surface area contributed by atoms with E-state index in [4.69, 9.17) is 4.42 Å². The van der Waals surface area contributed by atoms with Gasteiger partial charge in [0.05, 0.1) is 6.04 Å². The van der Waals surface area contributed by atoms with Crippen molar-refractivity contribution in [3.8, 4) is 11.6 Å². The Labute approximate surface area is 101 Å². The second-order valence-electron chi connectivity index (χ2n) is 3.32. The SMILES string of the molecule is CNC(C)c1nnc(-c2ccc(Br)cn2)o1. The molecule has 5 nitrogen and oxygen atoms in total. The molecule has 0 fully saturated rings. The third-order valence-corrected chi connectivity index (χ3v) is 2.66. The summed E-state index contributed by atoms with van der Waals surface area (Å²) in [4.78, 5) is 4.18. The molecule has 0 amide bonds. The van der Waals surface area contributed by atoms with Gasteiger partial charge in [-0.25, -0.2) is 4.98 Å². The molecule has 0 spiro atoms. The molecule has 1 atom stereocenters. The van der Waals surface area contributed by atoms with E-state index >= 15 is 0 Å². The van der Waals surface area contributed by atoms with Gasteiger partial charge in [-0.15, -0.1) is 10.2 Å². The van der Waals surface area contributed by atoms with Crippen LogP contribution in [0.4, 0.5) is 0 Å². The number of halogens is 1. The van der Waals surface area contributed by atoms with E-state index in [0.717, 1.165) is 4.47 Å². The zero-order chi connectivity index (χ0) is 11.5. The van der Waals surface area contributed by atoms with Crippen molar-refractivity contribution >= 4 is 15.9 Å². The Morgan fingerprint density at radius 2 is 2.19 bits per heavy atom. The van der Waals surface area contributed by atoms with Crippen molar-refractivity contribution in [2.45, 2.75) is 13.0 Å². The zero-order valence-corrected chi connectivity index (χ0v) is 10.5. The standard InChI is InChI=1S/C10H11BrN4O/c1-6(12-2)9-14-15-10(16-9)8-4-3-7(11)5-13-8/h3-6,12H,1-2H3. The molecular weight excluding hydrogens is 272 g/mol. The van der Waals surface area contributed by atoms with Crippen LogP contribution < -0.4 is 5.32 Å². The summed E-state index contributed by atoms with van der Waals surface area (Å²) in [7, 11) is 1.84. The van der Waals surface area contributed by atoms with Crippen LogP contribution in [0, 0.1) is 0 Å². The van der Waals surface area contributed by atoms with Crippen LogP contribution in [0.3, 0.4) is 0 Å². The Morgan fingerprint density at radius 1 is 1.38 bits per heavy atom. The van der Waals surface area contributed by atoms with Gasteiger partial charge in [0.25, 0.3) is 5.89 Å². The van der Waals surface area contributed by atoms with E-state index in [1.165, 1.54) is 0 Å². The van der Waals surface area contributed by atoms with E-state index in [-0.39, 0.29) is 6.04 Å². The number of aromatic nitrogens is 3. The predicted molar refractivity (Wildman–Crippen MR) is 62.7 cm³/mol. The number of hydrogen-bond acceptors (Lipinski definition) is 5. The van der Waals surface area contributed by atoms with Gasteiger partial charge < -0.3 is 9.73 Å². The average Bonchev–Trinajstić information content (AvgIpc) is 2.78. The molecule has 0 saturated carbocycles. The first-order chi connectivity index (χ1) is 7.70. The Morgan fingerprint density at radius 3 is 2.81 bits per heavy atom. The van der Waals surface area contributed by atoms with Crippen LogP contribution in [0.1, 0.15) is 18.9 Å². The molecule has 2 heterocycles. The molecule has 0 aliphatic rings. The summed E-state index contributed by atoms with van der Waals surface area (Å²) in [5, 5.41) is 10.9. The second-order valence-corrected chi connectivity index (χ2v) is 4.23. The number of nitrogens with one attached hydrogen (secondary N) is 1. The lowest BCUT2D eigenvalue weighted by molar-refractivity contribution is 0.440. The highest BCUT2D eigenvalue weighted by atomic mass is 79.9. The fourth-order valence-electron chi connectivity index (χ4n) is 1.14. The Bertz CT molecular complexity index is 468.